The topological polar surface area (TPSA) is 119 Å². The lowest BCUT2D eigenvalue weighted by Crippen LogP contribution is -2.19. The van der Waals surface area contributed by atoms with Gasteiger partial charge in [-0.15, -0.1) is 0 Å². The van der Waals surface area contributed by atoms with Crippen LogP contribution in [0, 0.1) is 0 Å². The van der Waals surface area contributed by atoms with Crippen molar-refractivity contribution in [2.45, 2.75) is 4.90 Å². The number of nitrogens with zero attached hydrogens (tertiary/aromatic N) is 2. The number of hydrogen-bond acceptors (Lipinski definition) is 5. The first-order chi connectivity index (χ1) is 12.5. The second kappa shape index (κ2) is 6.43. The first-order valence-electron chi connectivity index (χ1n) is 7.74. The van der Waals surface area contributed by atoms with Crippen molar-refractivity contribution in [1.29, 1.82) is 0 Å². The molecule has 3 rings (SSSR count). The molecule has 0 spiro atoms. The standard InChI is InChI=1S/C16H18N4O5S2/c1-19-14-9-8-13(10-15(14)20(2)16(19)21)27(24,25)18-12-6-4-11(5-7-12)17-26(3,22)23/h4-10,17-18H,1-3H3. The van der Waals surface area contributed by atoms with Gasteiger partial charge in [-0.25, -0.2) is 21.6 Å². The summed E-state index contributed by atoms with van der Waals surface area (Å²) in [6, 6.07) is 10.2. The number of nitrogens with one attached hydrogen (secondary N) is 2. The second-order valence-corrected chi connectivity index (χ2v) is 9.54. The number of hydrogen-bond donors (Lipinski definition) is 2. The summed E-state index contributed by atoms with van der Waals surface area (Å²) >= 11 is 0. The fourth-order valence-corrected chi connectivity index (χ4v) is 4.33. The molecule has 0 bridgehead atoms. The van der Waals surface area contributed by atoms with Crippen molar-refractivity contribution in [2.75, 3.05) is 15.7 Å². The molecule has 0 unspecified atom stereocenters. The fourth-order valence-electron chi connectivity index (χ4n) is 2.69. The van der Waals surface area contributed by atoms with Crippen LogP contribution < -0.4 is 15.1 Å². The van der Waals surface area contributed by atoms with E-state index in [1.807, 2.05) is 0 Å². The summed E-state index contributed by atoms with van der Waals surface area (Å²) in [5.41, 5.74) is 1.47. The minimum Gasteiger partial charge on any atom is -0.295 e. The number of fused-ring (bicyclic) bond motifs is 1. The number of sulfonamides is 2. The molecule has 0 amide bonds. The molecule has 11 heteroatoms. The van der Waals surface area contributed by atoms with Gasteiger partial charge in [-0.2, -0.15) is 0 Å². The van der Waals surface area contributed by atoms with Gasteiger partial charge in [0, 0.05) is 25.5 Å². The Bertz CT molecular complexity index is 1290. The lowest BCUT2D eigenvalue weighted by atomic mass is 10.3. The molecular formula is C16H18N4O5S2. The van der Waals surface area contributed by atoms with Gasteiger partial charge in [-0.1, -0.05) is 0 Å². The van der Waals surface area contributed by atoms with Crippen LogP contribution in [0.25, 0.3) is 11.0 Å². The summed E-state index contributed by atoms with van der Waals surface area (Å²) in [5, 5.41) is 0. The predicted octanol–water partition coefficient (Wildman–Crippen LogP) is 1.05. The Morgan fingerprint density at radius 1 is 0.778 bits per heavy atom. The van der Waals surface area contributed by atoms with Crippen molar-refractivity contribution >= 4 is 42.5 Å². The van der Waals surface area contributed by atoms with Crippen LogP contribution in [0.3, 0.4) is 0 Å². The highest BCUT2D eigenvalue weighted by atomic mass is 32.2. The van der Waals surface area contributed by atoms with Crippen LogP contribution in [0.4, 0.5) is 11.4 Å². The maximum absolute atomic E-state index is 12.6. The molecule has 0 fully saturated rings. The number of benzene rings is 2. The fraction of sp³-hybridized carbons (Fsp3) is 0.188. The van der Waals surface area contributed by atoms with E-state index >= 15 is 0 Å². The van der Waals surface area contributed by atoms with E-state index in [2.05, 4.69) is 9.44 Å². The highest BCUT2D eigenvalue weighted by Gasteiger charge is 2.17. The number of anilines is 2. The van der Waals surface area contributed by atoms with E-state index in [9.17, 15) is 21.6 Å². The molecule has 0 atom stereocenters. The smallest absolute Gasteiger partial charge is 0.295 e. The zero-order chi connectivity index (χ0) is 20.0. The first kappa shape index (κ1) is 19.0. The van der Waals surface area contributed by atoms with Crippen molar-refractivity contribution in [1.82, 2.24) is 9.13 Å². The van der Waals surface area contributed by atoms with Gasteiger partial charge in [0.25, 0.3) is 10.0 Å². The van der Waals surface area contributed by atoms with E-state index in [1.165, 1.54) is 45.5 Å². The molecule has 0 aliphatic rings. The van der Waals surface area contributed by atoms with Crippen LogP contribution in [0.1, 0.15) is 0 Å². The normalized spacial score (nSPS) is 12.3. The quantitative estimate of drug-likeness (QED) is 0.652. The lowest BCUT2D eigenvalue weighted by Gasteiger charge is -2.10. The van der Waals surface area contributed by atoms with Gasteiger partial charge < -0.3 is 0 Å². The number of aryl methyl sites for hydroxylation is 2. The van der Waals surface area contributed by atoms with Gasteiger partial charge in [-0.05, 0) is 42.5 Å². The van der Waals surface area contributed by atoms with Crippen molar-refractivity contribution < 1.29 is 16.8 Å². The molecule has 1 aromatic heterocycles. The summed E-state index contributed by atoms with van der Waals surface area (Å²) in [7, 11) is -4.11. The van der Waals surface area contributed by atoms with Crippen LogP contribution in [-0.4, -0.2) is 32.2 Å². The number of aromatic nitrogens is 2. The Balaban J connectivity index is 1.92. The molecular weight excluding hydrogens is 392 g/mol. The van der Waals surface area contributed by atoms with Crippen LogP contribution >= 0.6 is 0 Å². The predicted molar refractivity (Wildman–Crippen MR) is 104 cm³/mol. The molecule has 2 aromatic carbocycles. The summed E-state index contributed by atoms with van der Waals surface area (Å²) < 4.78 is 55.3. The molecule has 0 radical (unpaired) electrons. The minimum atomic E-state index is -3.89. The summed E-state index contributed by atoms with van der Waals surface area (Å²) in [4.78, 5) is 12.0. The Morgan fingerprint density at radius 2 is 1.30 bits per heavy atom. The summed E-state index contributed by atoms with van der Waals surface area (Å²) in [6.07, 6.45) is 1.02. The van der Waals surface area contributed by atoms with Crippen molar-refractivity contribution in [3.05, 3.63) is 52.9 Å². The molecule has 2 N–H and O–H groups in total. The molecule has 9 nitrogen and oxygen atoms in total. The van der Waals surface area contributed by atoms with Crippen LogP contribution in [0.15, 0.2) is 52.2 Å². The Hall–Kier alpha value is -2.79. The third kappa shape index (κ3) is 3.83. The SMILES string of the molecule is Cn1c(=O)n(C)c2cc(S(=O)(=O)Nc3ccc(NS(C)(=O)=O)cc3)ccc21. The van der Waals surface area contributed by atoms with E-state index < -0.39 is 20.0 Å². The van der Waals surface area contributed by atoms with Crippen molar-refractivity contribution in [3.8, 4) is 0 Å². The van der Waals surface area contributed by atoms with Crippen LogP contribution in [0.5, 0.6) is 0 Å². The Kier molecular flexibility index (Phi) is 4.52. The van der Waals surface area contributed by atoms with E-state index in [1.54, 1.807) is 20.2 Å². The molecule has 0 saturated heterocycles. The molecule has 0 aliphatic heterocycles. The maximum Gasteiger partial charge on any atom is 0.328 e. The van der Waals surface area contributed by atoms with Gasteiger partial charge in [-0.3, -0.25) is 18.6 Å². The Morgan fingerprint density at radius 3 is 1.85 bits per heavy atom. The van der Waals surface area contributed by atoms with Gasteiger partial charge in [0.2, 0.25) is 10.0 Å². The average Bonchev–Trinajstić information content (AvgIpc) is 2.79. The van der Waals surface area contributed by atoms with Crippen LogP contribution in [0.2, 0.25) is 0 Å². The van der Waals surface area contributed by atoms with Crippen molar-refractivity contribution in [3.63, 3.8) is 0 Å². The number of rotatable bonds is 5. The molecule has 0 saturated carbocycles. The third-order valence-corrected chi connectivity index (χ3v) is 5.98. The largest absolute Gasteiger partial charge is 0.328 e. The molecule has 144 valence electrons. The van der Waals surface area contributed by atoms with E-state index in [0.29, 0.717) is 16.7 Å². The molecule has 3 aromatic rings. The van der Waals surface area contributed by atoms with Gasteiger partial charge in [0.1, 0.15) is 0 Å². The van der Waals surface area contributed by atoms with Crippen LogP contribution in [-0.2, 0) is 34.1 Å². The maximum atomic E-state index is 12.6. The third-order valence-electron chi connectivity index (χ3n) is 3.99. The average molecular weight is 410 g/mol. The number of imidazole rings is 1. The zero-order valence-electron chi connectivity index (χ0n) is 14.8. The molecule has 1 heterocycles. The van der Waals surface area contributed by atoms with Gasteiger partial charge in [0.15, 0.2) is 0 Å². The zero-order valence-corrected chi connectivity index (χ0v) is 16.4. The highest BCUT2D eigenvalue weighted by molar-refractivity contribution is 7.92. The molecule has 27 heavy (non-hydrogen) atoms. The van der Waals surface area contributed by atoms with E-state index in [-0.39, 0.29) is 16.3 Å². The second-order valence-electron chi connectivity index (χ2n) is 6.11. The van der Waals surface area contributed by atoms with Gasteiger partial charge >= 0.3 is 5.69 Å². The first-order valence-corrected chi connectivity index (χ1v) is 11.1. The highest BCUT2D eigenvalue weighted by Crippen LogP contribution is 2.22. The summed E-state index contributed by atoms with van der Waals surface area (Å²) in [5.74, 6) is 0. The molecule has 0 aliphatic carbocycles. The Labute approximate surface area is 156 Å². The lowest BCUT2D eigenvalue weighted by molar-refractivity contribution is 0.600. The van der Waals surface area contributed by atoms with Gasteiger partial charge in [0.05, 0.1) is 22.2 Å². The minimum absolute atomic E-state index is 0.00883. The van der Waals surface area contributed by atoms with E-state index in [0.717, 1.165) is 6.26 Å². The summed E-state index contributed by atoms with van der Waals surface area (Å²) in [6.45, 7) is 0. The van der Waals surface area contributed by atoms with E-state index in [4.69, 9.17) is 0 Å². The van der Waals surface area contributed by atoms with Crippen molar-refractivity contribution in [2.24, 2.45) is 14.1 Å². The monoisotopic (exact) mass is 410 g/mol.